The van der Waals surface area contributed by atoms with Crippen LogP contribution in [-0.2, 0) is 17.6 Å². The lowest BCUT2D eigenvalue weighted by Crippen LogP contribution is -2.15. The molecule has 0 aliphatic heterocycles. The molecule has 0 spiro atoms. The Morgan fingerprint density at radius 2 is 1.89 bits per heavy atom. The molecule has 0 aliphatic rings. The lowest BCUT2D eigenvalue weighted by atomic mass is 10.2. The van der Waals surface area contributed by atoms with Gasteiger partial charge in [-0.15, -0.1) is 11.3 Å². The molecule has 0 radical (unpaired) electrons. The average Bonchev–Trinajstić information content (AvgIpc) is 3.13. The predicted molar refractivity (Wildman–Crippen MR) is 113 cm³/mol. The van der Waals surface area contributed by atoms with Gasteiger partial charge in [0.25, 0.3) is 0 Å². The van der Waals surface area contributed by atoms with E-state index in [1.54, 1.807) is 29.5 Å². The summed E-state index contributed by atoms with van der Waals surface area (Å²) in [6.07, 6.45) is 1.06. The zero-order valence-electron chi connectivity index (χ0n) is 15.7. The number of benzene rings is 2. The van der Waals surface area contributed by atoms with Crippen LogP contribution in [0.15, 0.2) is 47.8 Å². The van der Waals surface area contributed by atoms with Crippen LogP contribution in [0, 0.1) is 0 Å². The van der Waals surface area contributed by atoms with Crippen molar-refractivity contribution < 1.29 is 14.3 Å². The molecular formula is C21H21ClN2O3S. The van der Waals surface area contributed by atoms with Crippen LogP contribution in [0.4, 0.5) is 5.69 Å². The molecule has 28 heavy (non-hydrogen) atoms. The third-order valence-corrected chi connectivity index (χ3v) is 5.10. The minimum absolute atomic E-state index is 0.174. The zero-order valence-corrected chi connectivity index (χ0v) is 17.3. The summed E-state index contributed by atoms with van der Waals surface area (Å²) in [5.74, 6) is 1.74. The van der Waals surface area contributed by atoms with E-state index in [-0.39, 0.29) is 12.3 Å². The summed E-state index contributed by atoms with van der Waals surface area (Å²) in [6.45, 7) is 4.58. The van der Waals surface area contributed by atoms with E-state index < -0.39 is 0 Å². The molecule has 3 rings (SSSR count). The lowest BCUT2D eigenvalue weighted by Gasteiger charge is -2.13. The molecule has 1 heterocycles. The molecule has 0 bridgehead atoms. The Kier molecular flexibility index (Phi) is 6.90. The average molecular weight is 417 g/mol. The molecule has 3 aromatic rings. The van der Waals surface area contributed by atoms with Gasteiger partial charge in [0.05, 0.1) is 29.4 Å². The number of thiazole rings is 1. The number of nitrogens with one attached hydrogen (secondary N) is 1. The van der Waals surface area contributed by atoms with E-state index in [9.17, 15) is 4.79 Å². The van der Waals surface area contributed by atoms with Gasteiger partial charge in [-0.2, -0.15) is 0 Å². The molecule has 0 saturated carbocycles. The molecule has 0 aliphatic carbocycles. The van der Waals surface area contributed by atoms with Crippen LogP contribution in [0.3, 0.4) is 0 Å². The fourth-order valence-corrected chi connectivity index (χ4v) is 3.45. The Hall–Kier alpha value is -2.57. The molecule has 0 fully saturated rings. The highest BCUT2D eigenvalue weighted by atomic mass is 35.5. The van der Waals surface area contributed by atoms with Gasteiger partial charge >= 0.3 is 0 Å². The second-order valence-corrected chi connectivity index (χ2v) is 7.34. The second-order valence-electron chi connectivity index (χ2n) is 5.96. The van der Waals surface area contributed by atoms with Crippen molar-refractivity contribution in [1.29, 1.82) is 0 Å². The normalized spacial score (nSPS) is 10.5. The van der Waals surface area contributed by atoms with Crippen molar-refractivity contribution in [1.82, 2.24) is 4.98 Å². The van der Waals surface area contributed by atoms with E-state index in [2.05, 4.69) is 10.3 Å². The first kappa shape index (κ1) is 20.2. The van der Waals surface area contributed by atoms with E-state index in [4.69, 9.17) is 21.1 Å². The van der Waals surface area contributed by atoms with Gasteiger partial charge in [-0.25, -0.2) is 4.98 Å². The van der Waals surface area contributed by atoms with Gasteiger partial charge in [-0.05, 0) is 55.8 Å². The highest BCUT2D eigenvalue weighted by molar-refractivity contribution is 7.09. The van der Waals surface area contributed by atoms with Crippen molar-refractivity contribution in [3.8, 4) is 17.2 Å². The SMILES string of the molecule is CCOc1ccc(Oc2ccc(Cl)cc2NC(=O)Cc2csc(CC)n2)cc1. The molecule has 5 nitrogen and oxygen atoms in total. The van der Waals surface area contributed by atoms with Crippen molar-refractivity contribution in [2.24, 2.45) is 0 Å². The number of aryl methyl sites for hydroxylation is 1. The minimum Gasteiger partial charge on any atom is -0.494 e. The molecular weight excluding hydrogens is 396 g/mol. The van der Waals surface area contributed by atoms with Gasteiger partial charge in [-0.1, -0.05) is 18.5 Å². The molecule has 146 valence electrons. The number of nitrogens with zero attached hydrogens (tertiary/aromatic N) is 1. The van der Waals surface area contributed by atoms with Gasteiger partial charge in [0, 0.05) is 10.4 Å². The van der Waals surface area contributed by atoms with Gasteiger partial charge in [0.2, 0.25) is 5.91 Å². The van der Waals surface area contributed by atoms with Gasteiger partial charge < -0.3 is 14.8 Å². The van der Waals surface area contributed by atoms with Crippen LogP contribution in [0.1, 0.15) is 24.5 Å². The Morgan fingerprint density at radius 1 is 1.14 bits per heavy atom. The topological polar surface area (TPSA) is 60.5 Å². The number of aromatic nitrogens is 1. The number of carbonyl (C=O) groups is 1. The van der Waals surface area contributed by atoms with E-state index >= 15 is 0 Å². The second kappa shape index (κ2) is 9.57. The Balaban J connectivity index is 1.71. The zero-order chi connectivity index (χ0) is 19.9. The maximum absolute atomic E-state index is 12.5. The van der Waals surface area contributed by atoms with Crippen molar-refractivity contribution in [2.45, 2.75) is 26.7 Å². The maximum Gasteiger partial charge on any atom is 0.230 e. The van der Waals surface area contributed by atoms with Crippen LogP contribution in [0.2, 0.25) is 5.02 Å². The number of ether oxygens (including phenoxy) is 2. The summed E-state index contributed by atoms with van der Waals surface area (Å²) >= 11 is 7.67. The monoisotopic (exact) mass is 416 g/mol. The minimum atomic E-state index is -0.174. The number of hydrogen-bond acceptors (Lipinski definition) is 5. The van der Waals surface area contributed by atoms with Gasteiger partial charge in [0.15, 0.2) is 5.75 Å². The van der Waals surface area contributed by atoms with Gasteiger partial charge in [-0.3, -0.25) is 4.79 Å². The first-order valence-corrected chi connectivity index (χ1v) is 10.3. The maximum atomic E-state index is 12.5. The van der Waals surface area contributed by atoms with Crippen molar-refractivity contribution >= 4 is 34.5 Å². The number of anilines is 1. The predicted octanol–water partition coefficient (Wildman–Crippen LogP) is 5.73. The van der Waals surface area contributed by atoms with Crippen LogP contribution in [-0.4, -0.2) is 17.5 Å². The number of carbonyl (C=O) groups excluding carboxylic acids is 1. The standard InChI is InChI=1S/C21H21ClN2O3S/c1-3-21-23-15(13-28-21)12-20(25)24-18-11-14(22)5-10-19(18)27-17-8-6-16(7-9-17)26-4-2/h5-11,13H,3-4,12H2,1-2H3,(H,24,25). The molecule has 0 unspecified atom stereocenters. The van der Waals surface area contributed by atoms with Crippen molar-refractivity contribution in [2.75, 3.05) is 11.9 Å². The Bertz CT molecular complexity index is 941. The van der Waals surface area contributed by atoms with Crippen LogP contribution < -0.4 is 14.8 Å². The quantitative estimate of drug-likeness (QED) is 0.509. The molecule has 1 N–H and O–H groups in total. The summed E-state index contributed by atoms with van der Waals surface area (Å²) < 4.78 is 11.4. The summed E-state index contributed by atoms with van der Waals surface area (Å²) in [5, 5.41) is 6.31. The molecule has 0 saturated heterocycles. The van der Waals surface area contributed by atoms with E-state index in [1.807, 2.05) is 43.5 Å². The third-order valence-electron chi connectivity index (χ3n) is 3.82. The smallest absolute Gasteiger partial charge is 0.230 e. The first-order valence-electron chi connectivity index (χ1n) is 9.00. The third kappa shape index (κ3) is 5.47. The summed E-state index contributed by atoms with van der Waals surface area (Å²) in [6, 6.07) is 12.4. The van der Waals surface area contributed by atoms with Crippen molar-refractivity contribution in [3.63, 3.8) is 0 Å². The fourth-order valence-electron chi connectivity index (χ4n) is 2.54. The highest BCUT2D eigenvalue weighted by Crippen LogP contribution is 2.33. The van der Waals surface area contributed by atoms with Crippen molar-refractivity contribution in [3.05, 3.63) is 63.6 Å². The van der Waals surface area contributed by atoms with E-state index in [1.165, 1.54) is 0 Å². The van der Waals surface area contributed by atoms with Crippen LogP contribution >= 0.6 is 22.9 Å². The first-order chi connectivity index (χ1) is 13.6. The molecule has 0 atom stereocenters. The number of rotatable bonds is 8. The van der Waals surface area contributed by atoms with E-state index in [0.29, 0.717) is 28.8 Å². The van der Waals surface area contributed by atoms with Crippen LogP contribution in [0.25, 0.3) is 0 Å². The van der Waals surface area contributed by atoms with Crippen LogP contribution in [0.5, 0.6) is 17.2 Å². The fraction of sp³-hybridized carbons (Fsp3) is 0.238. The molecule has 1 amide bonds. The molecule has 7 heteroatoms. The number of hydrogen-bond donors (Lipinski definition) is 1. The highest BCUT2D eigenvalue weighted by Gasteiger charge is 2.12. The van der Waals surface area contributed by atoms with Gasteiger partial charge in [0.1, 0.15) is 11.5 Å². The molecule has 2 aromatic carbocycles. The van der Waals surface area contributed by atoms with E-state index in [0.717, 1.165) is 22.9 Å². The summed E-state index contributed by atoms with van der Waals surface area (Å²) in [5.41, 5.74) is 1.27. The summed E-state index contributed by atoms with van der Waals surface area (Å²) in [7, 11) is 0. The largest absolute Gasteiger partial charge is 0.494 e. The summed E-state index contributed by atoms with van der Waals surface area (Å²) in [4.78, 5) is 16.9. The lowest BCUT2D eigenvalue weighted by molar-refractivity contribution is -0.115. The number of amides is 1. The Labute approximate surface area is 173 Å². The molecule has 1 aromatic heterocycles. The number of halogens is 1. The Morgan fingerprint density at radius 3 is 2.57 bits per heavy atom.